The Balaban J connectivity index is 1.96. The van der Waals surface area contributed by atoms with Crippen molar-refractivity contribution in [3.05, 3.63) is 64.1 Å². The van der Waals surface area contributed by atoms with Crippen molar-refractivity contribution in [2.75, 3.05) is 0 Å². The molecule has 0 aromatic heterocycles. The number of carbonyl (C=O) groups excluding carboxylic acids is 1. The van der Waals surface area contributed by atoms with Gasteiger partial charge in [-0.3, -0.25) is 9.59 Å². The van der Waals surface area contributed by atoms with Gasteiger partial charge in [0.15, 0.2) is 6.10 Å². The molecule has 2 aromatic carbocycles. The minimum absolute atomic E-state index is 0.0903. The molecule has 0 heterocycles. The average molecular weight is 377 g/mol. The fourth-order valence-electron chi connectivity index (χ4n) is 2.09. The van der Waals surface area contributed by atoms with Gasteiger partial charge < -0.3 is 9.84 Å². The first kappa shape index (κ1) is 17.2. The molecule has 0 bridgehead atoms. The number of halogens is 1. The molecule has 1 N–H and O–H groups in total. The van der Waals surface area contributed by atoms with E-state index in [2.05, 4.69) is 15.9 Å². The van der Waals surface area contributed by atoms with E-state index in [1.807, 2.05) is 24.3 Å². The first-order valence-corrected chi connectivity index (χ1v) is 8.02. The van der Waals surface area contributed by atoms with Crippen LogP contribution in [0.25, 0.3) is 0 Å². The maximum Gasteiger partial charge on any atom is 0.303 e. The van der Waals surface area contributed by atoms with Crippen molar-refractivity contribution in [3.8, 4) is 5.75 Å². The van der Waals surface area contributed by atoms with E-state index in [1.165, 1.54) is 0 Å². The number of carboxylic acids is 1. The number of hydrogen-bond donors (Lipinski definition) is 1. The Morgan fingerprint density at radius 1 is 1.09 bits per heavy atom. The summed E-state index contributed by atoms with van der Waals surface area (Å²) in [5.74, 6) is -0.325. The summed E-state index contributed by atoms with van der Waals surface area (Å²) >= 11 is 3.33. The molecule has 0 amide bonds. The van der Waals surface area contributed by atoms with Gasteiger partial charge in [0.25, 0.3) is 0 Å². The molecule has 0 aliphatic heterocycles. The third-order valence-corrected chi connectivity index (χ3v) is 3.89. The van der Waals surface area contributed by atoms with E-state index in [0.29, 0.717) is 17.7 Å². The highest BCUT2D eigenvalue weighted by Gasteiger charge is 2.16. The van der Waals surface area contributed by atoms with Crippen LogP contribution in [0.5, 0.6) is 5.75 Å². The molecule has 23 heavy (non-hydrogen) atoms. The van der Waals surface area contributed by atoms with Gasteiger partial charge in [-0.1, -0.05) is 40.2 Å². The number of ether oxygens (including phenoxy) is 1. The van der Waals surface area contributed by atoms with Gasteiger partial charge in [-0.2, -0.15) is 0 Å². The summed E-state index contributed by atoms with van der Waals surface area (Å²) in [5, 5.41) is 8.67. The first-order valence-electron chi connectivity index (χ1n) is 7.23. The first-order chi connectivity index (χ1) is 11.0. The van der Waals surface area contributed by atoms with Gasteiger partial charge in [0, 0.05) is 16.5 Å². The van der Waals surface area contributed by atoms with Crippen LogP contribution in [0.3, 0.4) is 0 Å². The largest absolute Gasteiger partial charge is 0.483 e. The lowest BCUT2D eigenvalue weighted by molar-refractivity contribution is -0.136. The third-order valence-electron chi connectivity index (χ3n) is 3.36. The van der Waals surface area contributed by atoms with Crippen LogP contribution >= 0.6 is 15.9 Å². The van der Waals surface area contributed by atoms with Gasteiger partial charge in [-0.25, -0.2) is 0 Å². The van der Waals surface area contributed by atoms with E-state index in [4.69, 9.17) is 9.84 Å². The van der Waals surface area contributed by atoms with E-state index in [1.54, 1.807) is 31.2 Å². The predicted molar refractivity (Wildman–Crippen MR) is 91.0 cm³/mol. The lowest BCUT2D eigenvalue weighted by atomic mass is 10.1. The quantitative estimate of drug-likeness (QED) is 0.738. The Hall–Kier alpha value is -2.14. The molecule has 0 radical (unpaired) electrons. The number of carbonyl (C=O) groups is 2. The summed E-state index contributed by atoms with van der Waals surface area (Å²) < 4.78 is 6.58. The molecule has 0 saturated carbocycles. The Kier molecular flexibility index (Phi) is 5.93. The molecular formula is C18H17BrO4. The van der Waals surface area contributed by atoms with Crippen molar-refractivity contribution in [2.45, 2.75) is 25.9 Å². The second kappa shape index (κ2) is 7.92. The normalized spacial score (nSPS) is 11.7. The number of ketones is 1. The molecule has 0 aliphatic carbocycles. The molecule has 2 aromatic rings. The summed E-state index contributed by atoms with van der Waals surface area (Å²) in [7, 11) is 0. The van der Waals surface area contributed by atoms with Crippen molar-refractivity contribution in [2.24, 2.45) is 0 Å². The molecule has 5 heteroatoms. The van der Waals surface area contributed by atoms with Crippen LogP contribution in [0.1, 0.15) is 29.3 Å². The zero-order valence-electron chi connectivity index (χ0n) is 12.7. The van der Waals surface area contributed by atoms with Crippen LogP contribution < -0.4 is 4.74 Å². The lowest BCUT2D eigenvalue weighted by Crippen LogP contribution is -2.23. The van der Waals surface area contributed by atoms with E-state index in [-0.39, 0.29) is 12.2 Å². The average Bonchev–Trinajstić information content (AvgIpc) is 2.54. The van der Waals surface area contributed by atoms with Gasteiger partial charge in [-0.15, -0.1) is 0 Å². The number of rotatable bonds is 7. The van der Waals surface area contributed by atoms with Gasteiger partial charge in [0.2, 0.25) is 5.78 Å². The SMILES string of the molecule is CC(Oc1ccc(CCC(=O)O)cc1)C(=O)c1ccc(Br)cc1. The van der Waals surface area contributed by atoms with E-state index < -0.39 is 12.1 Å². The van der Waals surface area contributed by atoms with Crippen molar-refractivity contribution < 1.29 is 19.4 Å². The minimum Gasteiger partial charge on any atom is -0.483 e. The molecule has 120 valence electrons. The van der Waals surface area contributed by atoms with Crippen LogP contribution in [-0.4, -0.2) is 23.0 Å². The molecule has 2 rings (SSSR count). The molecule has 1 unspecified atom stereocenters. The molecule has 0 fully saturated rings. The molecule has 0 spiro atoms. The zero-order chi connectivity index (χ0) is 16.8. The maximum absolute atomic E-state index is 12.3. The highest BCUT2D eigenvalue weighted by molar-refractivity contribution is 9.10. The van der Waals surface area contributed by atoms with Gasteiger partial charge in [-0.05, 0) is 43.2 Å². The highest BCUT2D eigenvalue weighted by atomic mass is 79.9. The van der Waals surface area contributed by atoms with Crippen LogP contribution in [0.15, 0.2) is 53.0 Å². The second-order valence-corrected chi connectivity index (χ2v) is 6.08. The monoisotopic (exact) mass is 376 g/mol. The minimum atomic E-state index is -0.820. The number of hydrogen-bond acceptors (Lipinski definition) is 3. The van der Waals surface area contributed by atoms with Crippen LogP contribution in [0.4, 0.5) is 0 Å². The summed E-state index contributed by atoms with van der Waals surface area (Å²) in [6.07, 6.45) is -0.0252. The topological polar surface area (TPSA) is 63.6 Å². The smallest absolute Gasteiger partial charge is 0.303 e. The Morgan fingerprint density at radius 3 is 2.26 bits per heavy atom. The van der Waals surface area contributed by atoms with Crippen LogP contribution in [-0.2, 0) is 11.2 Å². The number of carboxylic acid groups (broad SMARTS) is 1. The third kappa shape index (κ3) is 5.21. The van der Waals surface area contributed by atoms with Gasteiger partial charge in [0.1, 0.15) is 5.75 Å². The van der Waals surface area contributed by atoms with E-state index in [9.17, 15) is 9.59 Å². The molecule has 0 aliphatic rings. The number of Topliss-reactive ketones (excluding diaryl/α,β-unsaturated/α-hetero) is 1. The lowest BCUT2D eigenvalue weighted by Gasteiger charge is -2.14. The highest BCUT2D eigenvalue weighted by Crippen LogP contribution is 2.18. The van der Waals surface area contributed by atoms with Crippen molar-refractivity contribution in [3.63, 3.8) is 0 Å². The van der Waals surface area contributed by atoms with Crippen molar-refractivity contribution in [1.82, 2.24) is 0 Å². The Bertz CT molecular complexity index is 677. The summed E-state index contributed by atoms with van der Waals surface area (Å²) in [6, 6.07) is 14.3. The molecular weight excluding hydrogens is 360 g/mol. The second-order valence-electron chi connectivity index (χ2n) is 5.17. The number of aryl methyl sites for hydroxylation is 1. The summed E-state index contributed by atoms with van der Waals surface area (Å²) in [5.41, 5.74) is 1.52. The molecule has 1 atom stereocenters. The predicted octanol–water partition coefficient (Wildman–Crippen LogP) is 4.12. The van der Waals surface area contributed by atoms with Gasteiger partial charge >= 0.3 is 5.97 Å². The molecule has 0 saturated heterocycles. The maximum atomic E-state index is 12.3. The Morgan fingerprint density at radius 2 is 1.70 bits per heavy atom. The fraction of sp³-hybridized carbons (Fsp3) is 0.222. The fourth-order valence-corrected chi connectivity index (χ4v) is 2.36. The van der Waals surface area contributed by atoms with Crippen LogP contribution in [0.2, 0.25) is 0 Å². The van der Waals surface area contributed by atoms with Gasteiger partial charge in [0.05, 0.1) is 0 Å². The Labute approximate surface area is 143 Å². The van der Waals surface area contributed by atoms with Crippen LogP contribution in [0, 0.1) is 0 Å². The van der Waals surface area contributed by atoms with Crippen molar-refractivity contribution >= 4 is 27.7 Å². The molecule has 4 nitrogen and oxygen atoms in total. The zero-order valence-corrected chi connectivity index (χ0v) is 14.2. The van der Waals surface area contributed by atoms with Crippen molar-refractivity contribution in [1.29, 1.82) is 0 Å². The number of benzene rings is 2. The number of aliphatic carboxylic acids is 1. The van der Waals surface area contributed by atoms with E-state index in [0.717, 1.165) is 10.0 Å². The van der Waals surface area contributed by atoms with E-state index >= 15 is 0 Å². The summed E-state index contributed by atoms with van der Waals surface area (Å²) in [4.78, 5) is 22.8. The summed E-state index contributed by atoms with van der Waals surface area (Å²) in [6.45, 7) is 1.71. The standard InChI is InChI=1S/C18H17BrO4/c1-12(18(22)14-5-7-15(19)8-6-14)23-16-9-2-13(3-10-16)4-11-17(20)21/h2-3,5-10,12H,4,11H2,1H3,(H,20,21).